The van der Waals surface area contributed by atoms with Gasteiger partial charge in [-0.2, -0.15) is 0 Å². The van der Waals surface area contributed by atoms with Crippen molar-refractivity contribution in [2.24, 2.45) is 5.73 Å². The maximum atomic E-state index is 6.74. The number of hydrogen-bond donors (Lipinski definition) is 1. The summed E-state index contributed by atoms with van der Waals surface area (Å²) in [6.07, 6.45) is 1.97. The lowest BCUT2D eigenvalue weighted by Gasteiger charge is -2.25. The van der Waals surface area contributed by atoms with Crippen LogP contribution in [0.2, 0.25) is 0 Å². The molecule has 0 radical (unpaired) electrons. The zero-order valence-electron chi connectivity index (χ0n) is 14.2. The summed E-state index contributed by atoms with van der Waals surface area (Å²) < 4.78 is 0. The van der Waals surface area contributed by atoms with Crippen LogP contribution in [0, 0.1) is 0 Å². The lowest BCUT2D eigenvalue weighted by Crippen LogP contribution is -2.12. The molecule has 3 aromatic carbocycles. The highest BCUT2D eigenvalue weighted by Crippen LogP contribution is 2.42. The van der Waals surface area contributed by atoms with E-state index in [0.717, 1.165) is 18.5 Å². The van der Waals surface area contributed by atoms with Crippen molar-refractivity contribution in [2.45, 2.75) is 12.8 Å². The lowest BCUT2D eigenvalue weighted by molar-refractivity contribution is 1.05. The topological polar surface area (TPSA) is 26.0 Å². The molecule has 0 amide bonds. The smallest absolute Gasteiger partial charge is 0.0435 e. The first-order valence-electron chi connectivity index (χ1n) is 8.73. The molecule has 0 saturated carbocycles. The van der Waals surface area contributed by atoms with E-state index in [9.17, 15) is 0 Å². The van der Waals surface area contributed by atoms with Crippen LogP contribution in [0.3, 0.4) is 0 Å². The van der Waals surface area contributed by atoms with Crippen LogP contribution < -0.4 is 5.73 Å². The van der Waals surface area contributed by atoms with Gasteiger partial charge in [0.25, 0.3) is 0 Å². The summed E-state index contributed by atoms with van der Waals surface area (Å²) in [5, 5.41) is 0. The zero-order valence-corrected chi connectivity index (χ0v) is 14.2. The van der Waals surface area contributed by atoms with Crippen LogP contribution in [0.15, 0.2) is 96.7 Å². The van der Waals surface area contributed by atoms with E-state index in [2.05, 4.69) is 78.9 Å². The maximum Gasteiger partial charge on any atom is 0.0435 e. The van der Waals surface area contributed by atoms with E-state index in [4.69, 9.17) is 5.73 Å². The first-order valence-corrected chi connectivity index (χ1v) is 8.73. The summed E-state index contributed by atoms with van der Waals surface area (Å²) in [6, 6.07) is 31.6. The van der Waals surface area contributed by atoms with Gasteiger partial charge in [-0.3, -0.25) is 0 Å². The Labute approximate surface area is 149 Å². The summed E-state index contributed by atoms with van der Waals surface area (Å²) in [5.74, 6) is 0. The van der Waals surface area contributed by atoms with Gasteiger partial charge in [0.05, 0.1) is 0 Å². The molecule has 25 heavy (non-hydrogen) atoms. The average Bonchev–Trinajstić information content (AvgIpc) is 2.70. The van der Waals surface area contributed by atoms with Crippen LogP contribution in [0.4, 0.5) is 0 Å². The lowest BCUT2D eigenvalue weighted by atomic mass is 9.81. The molecular weight excluding hydrogens is 302 g/mol. The summed E-state index contributed by atoms with van der Waals surface area (Å²) in [6.45, 7) is 0. The Morgan fingerprint density at radius 3 is 1.40 bits per heavy atom. The first kappa shape index (κ1) is 15.5. The molecule has 1 nitrogen and oxygen atoms in total. The van der Waals surface area contributed by atoms with Crippen molar-refractivity contribution in [3.05, 3.63) is 113 Å². The number of hydrogen-bond acceptors (Lipinski definition) is 1. The Bertz CT molecular complexity index is 920. The van der Waals surface area contributed by atoms with Gasteiger partial charge in [-0.15, -0.1) is 0 Å². The average molecular weight is 323 g/mol. The van der Waals surface area contributed by atoms with E-state index in [0.29, 0.717) is 0 Å². The molecule has 0 spiro atoms. The Morgan fingerprint density at radius 2 is 0.880 bits per heavy atom. The maximum absolute atomic E-state index is 6.74. The normalized spacial score (nSPS) is 14.7. The van der Waals surface area contributed by atoms with Crippen molar-refractivity contribution in [3.63, 3.8) is 0 Å². The second-order valence-electron chi connectivity index (χ2n) is 6.34. The second-order valence-corrected chi connectivity index (χ2v) is 6.34. The molecule has 0 fully saturated rings. The standard InChI is InChI=1S/C24H21N/c25-24-22(19-12-6-2-7-13-19)17-16-21(18-10-4-1-5-11-18)23(24)20-14-8-3-9-15-20/h1-15H,16-17,25H2. The third-order valence-electron chi connectivity index (χ3n) is 4.83. The van der Waals surface area contributed by atoms with Crippen LogP contribution >= 0.6 is 0 Å². The predicted octanol–water partition coefficient (Wildman–Crippen LogP) is 5.76. The van der Waals surface area contributed by atoms with E-state index in [1.807, 2.05) is 12.1 Å². The Morgan fingerprint density at radius 1 is 0.480 bits per heavy atom. The van der Waals surface area contributed by atoms with Crippen molar-refractivity contribution >= 4 is 16.7 Å². The molecule has 2 N–H and O–H groups in total. The minimum atomic E-state index is 0.905. The highest BCUT2D eigenvalue weighted by atomic mass is 14.6. The van der Waals surface area contributed by atoms with Crippen molar-refractivity contribution < 1.29 is 0 Å². The highest BCUT2D eigenvalue weighted by Gasteiger charge is 2.22. The molecule has 0 heterocycles. The summed E-state index contributed by atoms with van der Waals surface area (Å²) in [5.41, 5.74) is 15.1. The number of benzene rings is 3. The molecule has 1 heteroatoms. The van der Waals surface area contributed by atoms with Gasteiger partial charge < -0.3 is 5.73 Å². The van der Waals surface area contributed by atoms with Crippen LogP contribution in [-0.2, 0) is 0 Å². The monoisotopic (exact) mass is 323 g/mol. The van der Waals surface area contributed by atoms with E-state index in [1.54, 1.807) is 0 Å². The van der Waals surface area contributed by atoms with Crippen LogP contribution in [0.5, 0.6) is 0 Å². The van der Waals surface area contributed by atoms with Crippen molar-refractivity contribution in [1.29, 1.82) is 0 Å². The molecule has 0 atom stereocenters. The van der Waals surface area contributed by atoms with Crippen LogP contribution in [0.1, 0.15) is 29.5 Å². The summed E-state index contributed by atoms with van der Waals surface area (Å²) >= 11 is 0. The van der Waals surface area contributed by atoms with E-state index >= 15 is 0 Å². The third-order valence-corrected chi connectivity index (χ3v) is 4.83. The fraction of sp³-hybridized carbons (Fsp3) is 0.0833. The Kier molecular flexibility index (Phi) is 4.22. The van der Waals surface area contributed by atoms with Gasteiger partial charge in [-0.25, -0.2) is 0 Å². The number of allylic oxidation sites excluding steroid dienone is 3. The molecule has 3 aromatic rings. The van der Waals surface area contributed by atoms with E-state index in [1.165, 1.54) is 33.4 Å². The van der Waals surface area contributed by atoms with Gasteiger partial charge in [0.2, 0.25) is 0 Å². The molecule has 0 unspecified atom stereocenters. The molecular formula is C24H21N. The minimum absolute atomic E-state index is 0.905. The summed E-state index contributed by atoms with van der Waals surface area (Å²) in [4.78, 5) is 0. The van der Waals surface area contributed by atoms with Crippen molar-refractivity contribution in [1.82, 2.24) is 0 Å². The van der Waals surface area contributed by atoms with Crippen LogP contribution in [-0.4, -0.2) is 0 Å². The van der Waals surface area contributed by atoms with Crippen molar-refractivity contribution in [3.8, 4) is 0 Å². The predicted molar refractivity (Wildman–Crippen MR) is 106 cm³/mol. The minimum Gasteiger partial charge on any atom is -0.398 e. The fourth-order valence-corrected chi connectivity index (χ4v) is 3.62. The summed E-state index contributed by atoms with van der Waals surface area (Å²) in [7, 11) is 0. The van der Waals surface area contributed by atoms with Gasteiger partial charge in [0.15, 0.2) is 0 Å². The van der Waals surface area contributed by atoms with Gasteiger partial charge in [0, 0.05) is 11.3 Å². The highest BCUT2D eigenvalue weighted by molar-refractivity contribution is 6.04. The number of nitrogens with two attached hydrogens (primary N) is 1. The van der Waals surface area contributed by atoms with Gasteiger partial charge >= 0.3 is 0 Å². The van der Waals surface area contributed by atoms with Gasteiger partial charge in [-0.05, 0) is 40.7 Å². The second kappa shape index (κ2) is 6.82. The molecule has 4 rings (SSSR count). The zero-order chi connectivity index (χ0) is 17.1. The molecule has 1 aliphatic rings. The van der Waals surface area contributed by atoms with Gasteiger partial charge in [0.1, 0.15) is 0 Å². The SMILES string of the molecule is NC1=C(c2ccccc2)CCC(c2ccccc2)=C1c1ccccc1. The molecule has 0 saturated heterocycles. The van der Waals surface area contributed by atoms with Crippen molar-refractivity contribution in [2.75, 3.05) is 0 Å². The largest absolute Gasteiger partial charge is 0.398 e. The Hall–Kier alpha value is -3.06. The first-order chi connectivity index (χ1) is 12.3. The molecule has 1 aliphatic carbocycles. The quantitative estimate of drug-likeness (QED) is 0.651. The Balaban J connectivity index is 1.94. The van der Waals surface area contributed by atoms with E-state index < -0.39 is 0 Å². The van der Waals surface area contributed by atoms with Gasteiger partial charge in [-0.1, -0.05) is 91.0 Å². The van der Waals surface area contributed by atoms with E-state index in [-0.39, 0.29) is 0 Å². The number of rotatable bonds is 3. The third kappa shape index (κ3) is 3.01. The molecule has 0 bridgehead atoms. The fourth-order valence-electron chi connectivity index (χ4n) is 3.62. The molecule has 0 aliphatic heterocycles. The molecule has 122 valence electrons. The molecule has 0 aromatic heterocycles. The van der Waals surface area contributed by atoms with Crippen LogP contribution in [0.25, 0.3) is 16.7 Å².